The van der Waals surface area contributed by atoms with E-state index in [-0.39, 0.29) is 11.9 Å². The number of rotatable bonds is 5. The third kappa shape index (κ3) is 2.81. The van der Waals surface area contributed by atoms with Crippen molar-refractivity contribution >= 4 is 15.9 Å². The Morgan fingerprint density at radius 1 is 1.38 bits per heavy atom. The Morgan fingerprint density at radius 2 is 2.00 bits per heavy atom. The number of nitrogens with one attached hydrogen (secondary N) is 1. The molecule has 0 radical (unpaired) electrons. The molecule has 0 fully saturated rings. The van der Waals surface area contributed by atoms with Crippen LogP contribution < -0.4 is 11.3 Å². The smallest absolute Gasteiger partial charge is 0.129 e. The zero-order chi connectivity index (χ0) is 12.1. The van der Waals surface area contributed by atoms with E-state index in [1.165, 1.54) is 6.07 Å². The molecule has 0 spiro atoms. The molecule has 0 aliphatic carbocycles. The first-order valence-electron chi connectivity index (χ1n) is 5.55. The molecule has 1 aromatic rings. The van der Waals surface area contributed by atoms with Gasteiger partial charge in [0, 0.05) is 10.0 Å². The summed E-state index contributed by atoms with van der Waals surface area (Å²) in [6.45, 7) is 4.18. The molecule has 0 aliphatic rings. The van der Waals surface area contributed by atoms with E-state index in [0.29, 0.717) is 11.5 Å². The molecular weight excluding hydrogens is 271 g/mol. The molecule has 0 saturated carbocycles. The van der Waals surface area contributed by atoms with Crippen LogP contribution in [0.2, 0.25) is 0 Å². The zero-order valence-corrected chi connectivity index (χ0v) is 11.2. The molecular formula is C12H18BrFN2. The maximum atomic E-state index is 13.8. The largest absolute Gasteiger partial charge is 0.271 e. The molecule has 4 heteroatoms. The summed E-state index contributed by atoms with van der Waals surface area (Å²) >= 11 is 3.38. The van der Waals surface area contributed by atoms with Crippen molar-refractivity contribution in [3.8, 4) is 0 Å². The number of halogens is 2. The standard InChI is InChI=1S/C12H18BrFN2/c1-3-8(4-2)12(16-15)11-9(13)6-5-7-10(11)14/h5-8,12,16H,3-4,15H2,1-2H3. The topological polar surface area (TPSA) is 38.0 Å². The van der Waals surface area contributed by atoms with Gasteiger partial charge in [0.15, 0.2) is 0 Å². The number of hydrogen-bond donors (Lipinski definition) is 2. The Bertz CT molecular complexity index is 320. The molecule has 2 nitrogen and oxygen atoms in total. The summed E-state index contributed by atoms with van der Waals surface area (Å²) in [5.41, 5.74) is 3.36. The third-order valence-electron chi connectivity index (χ3n) is 3.01. The Hall–Kier alpha value is -0.450. The maximum absolute atomic E-state index is 13.8. The zero-order valence-electron chi connectivity index (χ0n) is 9.63. The van der Waals surface area contributed by atoms with Crippen molar-refractivity contribution in [1.29, 1.82) is 0 Å². The summed E-state index contributed by atoms with van der Waals surface area (Å²) in [5, 5.41) is 0. The van der Waals surface area contributed by atoms with Gasteiger partial charge in [-0.05, 0) is 18.1 Å². The highest BCUT2D eigenvalue weighted by Gasteiger charge is 2.24. The molecule has 16 heavy (non-hydrogen) atoms. The molecule has 1 rings (SSSR count). The van der Waals surface area contributed by atoms with E-state index in [9.17, 15) is 4.39 Å². The van der Waals surface area contributed by atoms with Gasteiger partial charge in [0.25, 0.3) is 0 Å². The van der Waals surface area contributed by atoms with Crippen LogP contribution in [0.5, 0.6) is 0 Å². The lowest BCUT2D eigenvalue weighted by molar-refractivity contribution is 0.335. The second kappa shape index (κ2) is 6.33. The van der Waals surface area contributed by atoms with Gasteiger partial charge in [-0.15, -0.1) is 0 Å². The monoisotopic (exact) mass is 288 g/mol. The molecule has 0 heterocycles. The van der Waals surface area contributed by atoms with Gasteiger partial charge in [-0.3, -0.25) is 11.3 Å². The maximum Gasteiger partial charge on any atom is 0.129 e. The lowest BCUT2D eigenvalue weighted by Gasteiger charge is -2.26. The van der Waals surface area contributed by atoms with Crippen molar-refractivity contribution in [2.45, 2.75) is 32.7 Å². The average Bonchev–Trinajstić information content (AvgIpc) is 2.28. The molecule has 0 aliphatic heterocycles. The Labute approximate surface area is 105 Å². The summed E-state index contributed by atoms with van der Waals surface area (Å²) < 4.78 is 14.6. The number of hydrogen-bond acceptors (Lipinski definition) is 2. The van der Waals surface area contributed by atoms with Crippen LogP contribution in [0.4, 0.5) is 4.39 Å². The first-order chi connectivity index (χ1) is 7.65. The van der Waals surface area contributed by atoms with Crippen molar-refractivity contribution in [3.05, 3.63) is 34.1 Å². The molecule has 0 saturated heterocycles. The van der Waals surface area contributed by atoms with E-state index in [2.05, 4.69) is 35.2 Å². The predicted octanol–water partition coefficient (Wildman–Crippen LogP) is 3.53. The van der Waals surface area contributed by atoms with Crippen LogP contribution in [0.1, 0.15) is 38.3 Å². The van der Waals surface area contributed by atoms with E-state index in [0.717, 1.165) is 17.3 Å². The highest BCUT2D eigenvalue weighted by molar-refractivity contribution is 9.10. The van der Waals surface area contributed by atoms with Crippen molar-refractivity contribution in [2.75, 3.05) is 0 Å². The number of nitrogens with two attached hydrogens (primary N) is 1. The molecule has 1 unspecified atom stereocenters. The van der Waals surface area contributed by atoms with E-state index in [1.807, 2.05) is 6.07 Å². The van der Waals surface area contributed by atoms with Gasteiger partial charge in [-0.2, -0.15) is 0 Å². The normalized spacial score (nSPS) is 13.1. The molecule has 0 bridgehead atoms. The minimum atomic E-state index is -0.218. The fourth-order valence-electron chi connectivity index (χ4n) is 2.02. The Kier molecular flexibility index (Phi) is 5.38. The number of hydrazine groups is 1. The summed E-state index contributed by atoms with van der Waals surface area (Å²) in [5.74, 6) is 5.67. The van der Waals surface area contributed by atoms with Gasteiger partial charge < -0.3 is 0 Å². The number of benzene rings is 1. The fourth-order valence-corrected chi connectivity index (χ4v) is 2.61. The van der Waals surface area contributed by atoms with Gasteiger partial charge in [-0.25, -0.2) is 4.39 Å². The van der Waals surface area contributed by atoms with Gasteiger partial charge in [-0.1, -0.05) is 48.7 Å². The van der Waals surface area contributed by atoms with E-state index in [1.54, 1.807) is 6.07 Å². The van der Waals surface area contributed by atoms with Crippen LogP contribution >= 0.6 is 15.9 Å². The Morgan fingerprint density at radius 3 is 2.44 bits per heavy atom. The van der Waals surface area contributed by atoms with Gasteiger partial charge >= 0.3 is 0 Å². The second-order valence-electron chi connectivity index (χ2n) is 3.86. The molecule has 0 aromatic heterocycles. The molecule has 1 atom stereocenters. The first-order valence-corrected chi connectivity index (χ1v) is 6.35. The van der Waals surface area contributed by atoms with E-state index < -0.39 is 0 Å². The Balaban J connectivity index is 3.12. The van der Waals surface area contributed by atoms with Crippen molar-refractivity contribution in [1.82, 2.24) is 5.43 Å². The minimum Gasteiger partial charge on any atom is -0.271 e. The van der Waals surface area contributed by atoms with Crippen molar-refractivity contribution in [3.63, 3.8) is 0 Å². The summed E-state index contributed by atoms with van der Waals surface area (Å²) in [6.07, 6.45) is 1.93. The lowest BCUT2D eigenvalue weighted by atomic mass is 9.89. The van der Waals surface area contributed by atoms with Crippen LogP contribution in [-0.4, -0.2) is 0 Å². The third-order valence-corrected chi connectivity index (χ3v) is 3.70. The highest BCUT2D eigenvalue weighted by Crippen LogP contribution is 2.33. The van der Waals surface area contributed by atoms with Gasteiger partial charge in [0.1, 0.15) is 5.82 Å². The SMILES string of the molecule is CCC(CC)C(NN)c1c(F)cccc1Br. The minimum absolute atomic E-state index is 0.148. The summed E-state index contributed by atoms with van der Waals surface area (Å²) in [4.78, 5) is 0. The molecule has 1 aromatic carbocycles. The van der Waals surface area contributed by atoms with Crippen LogP contribution in [0.15, 0.2) is 22.7 Å². The van der Waals surface area contributed by atoms with Crippen molar-refractivity contribution < 1.29 is 4.39 Å². The van der Waals surface area contributed by atoms with E-state index >= 15 is 0 Å². The second-order valence-corrected chi connectivity index (χ2v) is 4.71. The summed E-state index contributed by atoms with van der Waals surface area (Å²) in [6, 6.07) is 4.84. The van der Waals surface area contributed by atoms with Gasteiger partial charge in [0.2, 0.25) is 0 Å². The first kappa shape index (κ1) is 13.6. The van der Waals surface area contributed by atoms with Crippen LogP contribution in [0.25, 0.3) is 0 Å². The fraction of sp³-hybridized carbons (Fsp3) is 0.500. The molecule has 3 N–H and O–H groups in total. The lowest BCUT2D eigenvalue weighted by Crippen LogP contribution is -2.34. The van der Waals surface area contributed by atoms with Crippen LogP contribution in [0.3, 0.4) is 0 Å². The van der Waals surface area contributed by atoms with Gasteiger partial charge in [0.05, 0.1) is 6.04 Å². The van der Waals surface area contributed by atoms with Crippen LogP contribution in [0, 0.1) is 11.7 Å². The van der Waals surface area contributed by atoms with Crippen molar-refractivity contribution in [2.24, 2.45) is 11.8 Å². The van der Waals surface area contributed by atoms with Crippen LogP contribution in [-0.2, 0) is 0 Å². The average molecular weight is 289 g/mol. The quantitative estimate of drug-likeness (QED) is 0.643. The van der Waals surface area contributed by atoms with E-state index in [4.69, 9.17) is 5.84 Å². The predicted molar refractivity (Wildman–Crippen MR) is 68.2 cm³/mol. The highest BCUT2D eigenvalue weighted by atomic mass is 79.9. The summed E-state index contributed by atoms with van der Waals surface area (Å²) in [7, 11) is 0. The molecule has 0 amide bonds. The molecule has 90 valence electrons.